The molecule has 0 saturated carbocycles. The van der Waals surface area contributed by atoms with Crippen LogP contribution in [0.2, 0.25) is 0 Å². The van der Waals surface area contributed by atoms with Gasteiger partial charge in [-0.2, -0.15) is 0 Å². The van der Waals surface area contributed by atoms with E-state index in [-0.39, 0.29) is 18.8 Å². The molecule has 0 spiro atoms. The van der Waals surface area contributed by atoms with Gasteiger partial charge in [0.2, 0.25) is 0 Å². The highest BCUT2D eigenvalue weighted by molar-refractivity contribution is 5.95. The molecular weight excluding hydrogens is 367 g/mol. The molecule has 1 aromatic heterocycles. The Morgan fingerprint density at radius 1 is 1.21 bits per heavy atom. The summed E-state index contributed by atoms with van der Waals surface area (Å²) in [6.45, 7) is 6.68. The number of hydrogen-bond donors (Lipinski definition) is 1. The summed E-state index contributed by atoms with van der Waals surface area (Å²) in [5.74, 6) is -2.16. The van der Waals surface area contributed by atoms with Gasteiger partial charge in [0, 0.05) is 17.1 Å². The van der Waals surface area contributed by atoms with E-state index in [0.717, 1.165) is 6.07 Å². The minimum atomic E-state index is -1.07. The highest BCUT2D eigenvalue weighted by atomic mass is 19.1. The van der Waals surface area contributed by atoms with Crippen molar-refractivity contribution in [1.29, 1.82) is 0 Å². The van der Waals surface area contributed by atoms with E-state index in [1.807, 2.05) is 0 Å². The van der Waals surface area contributed by atoms with Gasteiger partial charge in [-0.25, -0.2) is 9.18 Å². The zero-order valence-corrected chi connectivity index (χ0v) is 16.2. The number of carbonyl (C=O) groups is 3. The van der Waals surface area contributed by atoms with E-state index in [1.54, 1.807) is 31.4 Å². The van der Waals surface area contributed by atoms with Crippen LogP contribution in [0.5, 0.6) is 0 Å². The molecule has 1 atom stereocenters. The number of nitrogens with one attached hydrogen (secondary N) is 1. The van der Waals surface area contributed by atoms with E-state index in [9.17, 15) is 18.8 Å². The zero-order chi connectivity index (χ0) is 20.8. The van der Waals surface area contributed by atoms with Crippen molar-refractivity contribution in [1.82, 2.24) is 4.57 Å². The number of aryl methyl sites for hydroxylation is 1. The number of aromatic nitrogens is 1. The van der Waals surface area contributed by atoms with Gasteiger partial charge in [0.05, 0.1) is 12.2 Å². The van der Waals surface area contributed by atoms with E-state index >= 15 is 0 Å². The van der Waals surface area contributed by atoms with Crippen molar-refractivity contribution < 1.29 is 28.2 Å². The monoisotopic (exact) mass is 390 g/mol. The molecule has 0 aliphatic heterocycles. The molecule has 7 nitrogen and oxygen atoms in total. The first-order valence-corrected chi connectivity index (χ1v) is 8.82. The van der Waals surface area contributed by atoms with Crippen molar-refractivity contribution in [2.45, 2.75) is 40.3 Å². The Morgan fingerprint density at radius 2 is 1.93 bits per heavy atom. The molecule has 1 heterocycles. The maximum Gasteiger partial charge on any atom is 0.339 e. The molecule has 0 aliphatic rings. The first-order chi connectivity index (χ1) is 13.2. The second-order valence-corrected chi connectivity index (χ2v) is 6.22. The fourth-order valence-corrected chi connectivity index (χ4v) is 2.69. The maximum absolute atomic E-state index is 13.2. The Labute approximate surface area is 162 Å². The summed E-state index contributed by atoms with van der Waals surface area (Å²) in [5, 5.41) is 2.48. The lowest BCUT2D eigenvalue weighted by Gasteiger charge is -2.15. The lowest BCUT2D eigenvalue weighted by Crippen LogP contribution is -2.31. The Hall–Kier alpha value is -3.16. The number of benzene rings is 1. The van der Waals surface area contributed by atoms with E-state index in [1.165, 1.54) is 25.1 Å². The van der Waals surface area contributed by atoms with Crippen molar-refractivity contribution >= 4 is 23.5 Å². The van der Waals surface area contributed by atoms with Crippen LogP contribution in [0.25, 0.3) is 0 Å². The first-order valence-electron chi connectivity index (χ1n) is 8.82. The number of esters is 2. The SMILES string of the molecule is CCOC(=O)c1cc(C)n(CC(=O)OC(C)C(=O)Nc2cccc(F)c2)c1C. The molecule has 2 rings (SSSR count). The molecule has 8 heteroatoms. The number of ether oxygens (including phenoxy) is 2. The molecule has 2 aromatic rings. The minimum Gasteiger partial charge on any atom is -0.462 e. The van der Waals surface area contributed by atoms with Crippen molar-refractivity contribution in [2.24, 2.45) is 0 Å². The standard InChI is InChI=1S/C20H23FN2O5/c1-5-27-20(26)17-9-12(2)23(13(17)3)11-18(24)28-14(4)19(25)22-16-8-6-7-15(21)10-16/h6-10,14H,5,11H2,1-4H3,(H,22,25). The molecule has 1 N–H and O–H groups in total. The maximum atomic E-state index is 13.2. The lowest BCUT2D eigenvalue weighted by atomic mass is 10.2. The molecule has 28 heavy (non-hydrogen) atoms. The number of hydrogen-bond acceptors (Lipinski definition) is 5. The van der Waals surface area contributed by atoms with Crippen LogP contribution in [-0.4, -0.2) is 35.1 Å². The fourth-order valence-electron chi connectivity index (χ4n) is 2.69. The predicted molar refractivity (Wildman–Crippen MR) is 100 cm³/mol. The Morgan fingerprint density at radius 3 is 2.57 bits per heavy atom. The molecule has 0 radical (unpaired) electrons. The van der Waals surface area contributed by atoms with E-state index in [0.29, 0.717) is 17.0 Å². The van der Waals surface area contributed by atoms with Crippen LogP contribution in [0.3, 0.4) is 0 Å². The Balaban J connectivity index is 1.99. The smallest absolute Gasteiger partial charge is 0.339 e. The van der Waals surface area contributed by atoms with Crippen molar-refractivity contribution in [3.8, 4) is 0 Å². The summed E-state index contributed by atoms with van der Waals surface area (Å²) in [4.78, 5) is 36.3. The highest BCUT2D eigenvalue weighted by Gasteiger charge is 2.21. The lowest BCUT2D eigenvalue weighted by molar-refractivity contribution is -0.153. The normalized spacial score (nSPS) is 11.6. The van der Waals surface area contributed by atoms with E-state index in [2.05, 4.69) is 5.32 Å². The molecule has 0 aliphatic carbocycles. The van der Waals surface area contributed by atoms with Crippen LogP contribution in [0.15, 0.2) is 30.3 Å². The highest BCUT2D eigenvalue weighted by Crippen LogP contribution is 2.17. The van der Waals surface area contributed by atoms with Crippen molar-refractivity contribution in [2.75, 3.05) is 11.9 Å². The van der Waals surface area contributed by atoms with Gasteiger partial charge in [-0.05, 0) is 52.0 Å². The average Bonchev–Trinajstić information content (AvgIpc) is 2.90. The van der Waals surface area contributed by atoms with Gasteiger partial charge in [-0.15, -0.1) is 0 Å². The molecular formula is C20H23FN2O5. The van der Waals surface area contributed by atoms with Gasteiger partial charge in [-0.1, -0.05) is 6.07 Å². The van der Waals surface area contributed by atoms with Gasteiger partial charge in [0.1, 0.15) is 12.4 Å². The molecule has 1 unspecified atom stereocenters. The molecule has 150 valence electrons. The van der Waals surface area contributed by atoms with Gasteiger partial charge >= 0.3 is 11.9 Å². The average molecular weight is 390 g/mol. The summed E-state index contributed by atoms with van der Waals surface area (Å²) in [7, 11) is 0. The number of carbonyl (C=O) groups excluding carboxylic acids is 3. The van der Waals surface area contributed by atoms with E-state index in [4.69, 9.17) is 9.47 Å². The van der Waals surface area contributed by atoms with Crippen LogP contribution in [0, 0.1) is 19.7 Å². The molecule has 0 saturated heterocycles. The summed E-state index contributed by atoms with van der Waals surface area (Å²) < 4.78 is 25.0. The third-order valence-electron chi connectivity index (χ3n) is 4.13. The Bertz CT molecular complexity index is 891. The Kier molecular flexibility index (Phi) is 6.92. The number of amides is 1. The summed E-state index contributed by atoms with van der Waals surface area (Å²) >= 11 is 0. The van der Waals surface area contributed by atoms with Gasteiger partial charge in [0.15, 0.2) is 6.10 Å². The first kappa shape index (κ1) is 21.1. The summed E-state index contributed by atoms with van der Waals surface area (Å²) in [6, 6.07) is 7.04. The van der Waals surface area contributed by atoms with Crippen LogP contribution in [-0.2, 0) is 25.6 Å². The minimum absolute atomic E-state index is 0.158. The third kappa shape index (κ3) is 5.18. The van der Waals surface area contributed by atoms with Gasteiger partial charge in [0.25, 0.3) is 5.91 Å². The zero-order valence-electron chi connectivity index (χ0n) is 16.2. The summed E-state index contributed by atoms with van der Waals surface area (Å²) in [5.41, 5.74) is 1.91. The summed E-state index contributed by atoms with van der Waals surface area (Å²) in [6.07, 6.45) is -1.07. The third-order valence-corrected chi connectivity index (χ3v) is 4.13. The number of rotatable bonds is 7. The van der Waals surface area contributed by atoms with Crippen LogP contribution < -0.4 is 5.32 Å². The molecule has 1 amide bonds. The quantitative estimate of drug-likeness (QED) is 0.735. The van der Waals surface area contributed by atoms with E-state index < -0.39 is 29.8 Å². The second kappa shape index (κ2) is 9.16. The number of nitrogens with zero attached hydrogens (tertiary/aromatic N) is 1. The topological polar surface area (TPSA) is 86.6 Å². The molecule has 0 bridgehead atoms. The van der Waals surface area contributed by atoms with Crippen molar-refractivity contribution in [3.63, 3.8) is 0 Å². The fraction of sp³-hybridized carbons (Fsp3) is 0.350. The largest absolute Gasteiger partial charge is 0.462 e. The predicted octanol–water partition coefficient (Wildman–Crippen LogP) is 2.99. The molecule has 1 aromatic carbocycles. The van der Waals surface area contributed by atoms with Crippen LogP contribution in [0.4, 0.5) is 10.1 Å². The number of halogens is 1. The molecule has 0 fully saturated rings. The van der Waals surface area contributed by atoms with Crippen molar-refractivity contribution in [3.05, 3.63) is 53.1 Å². The second-order valence-electron chi connectivity index (χ2n) is 6.22. The van der Waals surface area contributed by atoms with Crippen LogP contribution in [0.1, 0.15) is 35.6 Å². The van der Waals surface area contributed by atoms with Gasteiger partial charge in [-0.3, -0.25) is 9.59 Å². The van der Waals surface area contributed by atoms with Crippen LogP contribution >= 0.6 is 0 Å². The van der Waals surface area contributed by atoms with Gasteiger partial charge < -0.3 is 19.4 Å². The number of anilines is 1.